The van der Waals surface area contributed by atoms with Crippen LogP contribution in [-0.4, -0.2) is 24.5 Å². The number of carbonyl (C=O) groups excluding carboxylic acids is 1. The number of benzene rings is 2. The van der Waals surface area contributed by atoms with Crippen LogP contribution >= 0.6 is 11.6 Å². The molecule has 0 atom stereocenters. The summed E-state index contributed by atoms with van der Waals surface area (Å²) in [4.78, 5) is 11.4. The molecule has 0 aromatic heterocycles. The second kappa shape index (κ2) is 31.5. The number of unbranched alkanes of at least 4 members (excludes halogenated alkanes) is 10. The Hall–Kier alpha value is -2.04. The standard InChI is InChI=1S/C17H26O3.C8H9Cl.C8H18O.2CH4/c1-3-4-5-6-7-8-13-19-17(18)20-14-16-11-9-15(2)10-12-16;1-7-2-4-8(6-9)5-3-7;1-2-3-4-5-6-7-8-9;;/h9-12H,3-8,13-14H2,1-2H3;2-5H,6H2,1H3;9H,2-8H2,1H3;2*1H4. The normalized spacial score (nSPS) is 9.55. The van der Waals surface area contributed by atoms with E-state index in [0.717, 1.165) is 24.8 Å². The largest absolute Gasteiger partial charge is 0.508 e. The first-order valence-corrected chi connectivity index (χ1v) is 15.1. The molecule has 0 fully saturated rings. The molecule has 0 saturated heterocycles. The van der Waals surface area contributed by atoms with Gasteiger partial charge in [-0.05, 0) is 37.8 Å². The Morgan fingerprint density at radius 3 is 1.52 bits per heavy atom. The molecule has 40 heavy (non-hydrogen) atoms. The quantitative estimate of drug-likeness (QED) is 0.122. The Labute approximate surface area is 252 Å². The van der Waals surface area contributed by atoms with E-state index < -0.39 is 6.16 Å². The number of hydrogen-bond acceptors (Lipinski definition) is 4. The molecule has 2 rings (SSSR count). The maximum absolute atomic E-state index is 11.4. The average molecular weight is 581 g/mol. The van der Waals surface area contributed by atoms with Crippen molar-refractivity contribution in [3.63, 3.8) is 0 Å². The fraction of sp³-hybridized carbons (Fsp3) is 0.629. The number of halogens is 1. The minimum Gasteiger partial charge on any atom is -0.434 e. The van der Waals surface area contributed by atoms with Crippen molar-refractivity contribution in [3.8, 4) is 0 Å². The van der Waals surface area contributed by atoms with E-state index in [1.807, 2.05) is 43.3 Å². The van der Waals surface area contributed by atoms with E-state index in [1.165, 1.54) is 74.5 Å². The summed E-state index contributed by atoms with van der Waals surface area (Å²) < 4.78 is 10.1. The highest BCUT2D eigenvalue weighted by Crippen LogP contribution is 2.08. The summed E-state index contributed by atoms with van der Waals surface area (Å²) in [5.74, 6) is 0.611. The Bertz CT molecular complexity index is 769. The van der Waals surface area contributed by atoms with Gasteiger partial charge in [0.25, 0.3) is 0 Å². The molecule has 5 heteroatoms. The highest BCUT2D eigenvalue weighted by Gasteiger charge is 2.04. The fourth-order valence-electron chi connectivity index (χ4n) is 3.48. The van der Waals surface area contributed by atoms with E-state index >= 15 is 0 Å². The number of ether oxygens (including phenoxy) is 2. The van der Waals surface area contributed by atoms with Crippen molar-refractivity contribution in [2.24, 2.45) is 0 Å². The molecule has 0 aliphatic rings. The molecule has 0 radical (unpaired) electrons. The van der Waals surface area contributed by atoms with Crippen molar-refractivity contribution >= 4 is 17.8 Å². The summed E-state index contributed by atoms with van der Waals surface area (Å²) in [5.41, 5.74) is 4.64. The molecular formula is C35H61ClO4. The third kappa shape index (κ3) is 27.5. The van der Waals surface area contributed by atoms with Crippen LogP contribution < -0.4 is 0 Å². The van der Waals surface area contributed by atoms with Crippen molar-refractivity contribution in [1.29, 1.82) is 0 Å². The molecule has 0 amide bonds. The van der Waals surface area contributed by atoms with Crippen LogP contribution in [0.5, 0.6) is 0 Å². The minimum absolute atomic E-state index is 0. The molecule has 0 saturated carbocycles. The van der Waals surface area contributed by atoms with Gasteiger partial charge in [-0.1, -0.05) is 153 Å². The van der Waals surface area contributed by atoms with Crippen LogP contribution in [0.25, 0.3) is 0 Å². The molecule has 0 spiro atoms. The lowest BCUT2D eigenvalue weighted by molar-refractivity contribution is 0.0487. The van der Waals surface area contributed by atoms with Gasteiger partial charge in [0, 0.05) is 12.5 Å². The molecule has 0 unspecified atom stereocenters. The molecule has 0 aliphatic carbocycles. The summed E-state index contributed by atoms with van der Waals surface area (Å²) in [5, 5.41) is 8.42. The first kappa shape index (κ1) is 42.4. The van der Waals surface area contributed by atoms with Gasteiger partial charge >= 0.3 is 6.16 Å². The maximum atomic E-state index is 11.4. The van der Waals surface area contributed by atoms with E-state index in [-0.39, 0.29) is 21.5 Å². The highest BCUT2D eigenvalue weighted by atomic mass is 35.5. The third-order valence-electron chi connectivity index (χ3n) is 5.98. The fourth-order valence-corrected chi connectivity index (χ4v) is 3.65. The number of aryl methyl sites for hydroxylation is 2. The third-order valence-corrected chi connectivity index (χ3v) is 6.29. The van der Waals surface area contributed by atoms with E-state index in [0.29, 0.717) is 19.1 Å². The molecule has 2 aromatic carbocycles. The van der Waals surface area contributed by atoms with E-state index in [2.05, 4.69) is 32.9 Å². The van der Waals surface area contributed by atoms with Crippen LogP contribution in [0, 0.1) is 13.8 Å². The Morgan fingerprint density at radius 2 is 1.07 bits per heavy atom. The lowest BCUT2D eigenvalue weighted by Crippen LogP contribution is -2.08. The molecule has 0 bridgehead atoms. The molecule has 232 valence electrons. The first-order valence-electron chi connectivity index (χ1n) is 14.5. The molecule has 2 aromatic rings. The smallest absolute Gasteiger partial charge is 0.434 e. The van der Waals surface area contributed by atoms with Crippen LogP contribution in [0.3, 0.4) is 0 Å². The van der Waals surface area contributed by atoms with E-state index in [4.69, 9.17) is 26.2 Å². The molecule has 0 aliphatic heterocycles. The summed E-state index contributed by atoms with van der Waals surface area (Å²) in [6.45, 7) is 9.61. The van der Waals surface area contributed by atoms with Gasteiger partial charge < -0.3 is 14.6 Å². The molecule has 0 heterocycles. The highest BCUT2D eigenvalue weighted by molar-refractivity contribution is 6.17. The predicted molar refractivity (Wildman–Crippen MR) is 175 cm³/mol. The van der Waals surface area contributed by atoms with Gasteiger partial charge in [-0.15, -0.1) is 11.6 Å². The van der Waals surface area contributed by atoms with E-state index in [9.17, 15) is 4.79 Å². The Kier molecular flexibility index (Phi) is 33.4. The molecular weight excluding hydrogens is 520 g/mol. The lowest BCUT2D eigenvalue weighted by Gasteiger charge is -2.06. The first-order chi connectivity index (χ1) is 18.5. The van der Waals surface area contributed by atoms with Crippen LogP contribution in [0.1, 0.15) is 128 Å². The Morgan fingerprint density at radius 1 is 0.650 bits per heavy atom. The number of hydrogen-bond donors (Lipinski definition) is 1. The zero-order valence-electron chi connectivity index (χ0n) is 24.5. The monoisotopic (exact) mass is 580 g/mol. The number of carbonyl (C=O) groups is 1. The second-order valence-electron chi connectivity index (χ2n) is 9.75. The van der Waals surface area contributed by atoms with Crippen LogP contribution in [0.4, 0.5) is 4.79 Å². The SMILES string of the molecule is C.C.CCCCCCCCO.CCCCCCCCOC(=O)OCc1ccc(C)cc1.Cc1ccc(CCl)cc1. The predicted octanol–water partition coefficient (Wildman–Crippen LogP) is 11.4. The van der Waals surface area contributed by atoms with Gasteiger partial charge in [0.05, 0.1) is 6.61 Å². The zero-order valence-corrected chi connectivity index (χ0v) is 25.2. The molecule has 1 N–H and O–H groups in total. The summed E-state index contributed by atoms with van der Waals surface area (Å²) in [6, 6.07) is 16.1. The maximum Gasteiger partial charge on any atom is 0.508 e. The number of rotatable bonds is 16. The van der Waals surface area contributed by atoms with Gasteiger partial charge in [-0.3, -0.25) is 0 Å². The molecule has 4 nitrogen and oxygen atoms in total. The minimum atomic E-state index is -0.570. The number of aliphatic hydroxyl groups excluding tert-OH is 1. The van der Waals surface area contributed by atoms with Gasteiger partial charge in [0.15, 0.2) is 0 Å². The van der Waals surface area contributed by atoms with Gasteiger partial charge in [-0.25, -0.2) is 4.79 Å². The van der Waals surface area contributed by atoms with E-state index in [1.54, 1.807) is 0 Å². The van der Waals surface area contributed by atoms with Crippen molar-refractivity contribution in [1.82, 2.24) is 0 Å². The average Bonchev–Trinajstić information content (AvgIpc) is 2.93. The van der Waals surface area contributed by atoms with Crippen LogP contribution in [0.15, 0.2) is 48.5 Å². The Balaban J connectivity index is -0.000000573. The lowest BCUT2D eigenvalue weighted by atomic mass is 10.1. The van der Waals surface area contributed by atoms with Gasteiger partial charge in [0.2, 0.25) is 0 Å². The summed E-state index contributed by atoms with van der Waals surface area (Å²) in [6.07, 6.45) is 14.0. The second-order valence-corrected chi connectivity index (χ2v) is 10.0. The van der Waals surface area contributed by atoms with Gasteiger partial charge in [-0.2, -0.15) is 0 Å². The number of alkyl halides is 1. The van der Waals surface area contributed by atoms with Crippen molar-refractivity contribution in [2.45, 2.75) is 132 Å². The number of aliphatic hydroxyl groups is 1. The van der Waals surface area contributed by atoms with Crippen molar-refractivity contribution < 1.29 is 19.4 Å². The zero-order chi connectivity index (χ0) is 28.3. The van der Waals surface area contributed by atoms with Crippen molar-refractivity contribution in [3.05, 3.63) is 70.8 Å². The summed E-state index contributed by atoms with van der Waals surface area (Å²) in [7, 11) is 0. The van der Waals surface area contributed by atoms with Crippen LogP contribution in [-0.2, 0) is 22.0 Å². The topological polar surface area (TPSA) is 55.8 Å². The van der Waals surface area contributed by atoms with Gasteiger partial charge in [0.1, 0.15) is 6.61 Å². The van der Waals surface area contributed by atoms with Crippen molar-refractivity contribution in [2.75, 3.05) is 13.2 Å². The van der Waals surface area contributed by atoms with Crippen LogP contribution in [0.2, 0.25) is 0 Å². The summed E-state index contributed by atoms with van der Waals surface area (Å²) >= 11 is 5.58.